The Bertz CT molecular complexity index is 859. The minimum atomic E-state index is 0.540. The molecular weight excluding hydrogens is 298 g/mol. The molecule has 3 aromatic rings. The van der Waals surface area contributed by atoms with Crippen LogP contribution in [0.2, 0.25) is 0 Å². The molecule has 3 rings (SSSR count). The first kappa shape index (κ1) is 15.8. The van der Waals surface area contributed by atoms with Crippen molar-refractivity contribution in [1.82, 2.24) is 10.2 Å². The molecule has 0 radical (unpaired) electrons. The van der Waals surface area contributed by atoms with Crippen molar-refractivity contribution in [2.45, 2.75) is 20.4 Å². The van der Waals surface area contributed by atoms with Gasteiger partial charge in [-0.05, 0) is 44.2 Å². The minimum absolute atomic E-state index is 0.540. The van der Waals surface area contributed by atoms with Gasteiger partial charge >= 0.3 is 0 Å². The van der Waals surface area contributed by atoms with Crippen molar-refractivity contribution >= 4 is 5.69 Å². The van der Waals surface area contributed by atoms with Gasteiger partial charge in [0.1, 0.15) is 0 Å². The lowest BCUT2D eigenvalue weighted by Gasteiger charge is -2.21. The number of hydrogen-bond donors (Lipinski definition) is 0. The fourth-order valence-corrected chi connectivity index (χ4v) is 2.47. The van der Waals surface area contributed by atoms with E-state index in [0.29, 0.717) is 18.3 Å². The summed E-state index contributed by atoms with van der Waals surface area (Å²) >= 11 is 0. The Morgan fingerprint density at radius 3 is 2.62 bits per heavy atom. The number of aromatic nitrogens is 2. The van der Waals surface area contributed by atoms with E-state index in [1.165, 1.54) is 5.56 Å². The maximum atomic E-state index is 5.82. The normalized spacial score (nSPS) is 10.4. The van der Waals surface area contributed by atoms with Crippen LogP contribution in [0.15, 0.2) is 52.9 Å². The van der Waals surface area contributed by atoms with E-state index in [2.05, 4.69) is 27.9 Å². The van der Waals surface area contributed by atoms with Crippen LogP contribution in [0.4, 0.5) is 5.69 Å². The topological polar surface area (TPSA) is 42.2 Å². The van der Waals surface area contributed by atoms with E-state index in [1.54, 1.807) is 0 Å². The summed E-state index contributed by atoms with van der Waals surface area (Å²) in [5.41, 5.74) is 4.03. The smallest absolute Gasteiger partial charge is 0.247 e. The molecule has 0 saturated carbocycles. The molecule has 4 nitrogen and oxygen atoms in total. The zero-order chi connectivity index (χ0) is 16.9. The highest BCUT2D eigenvalue weighted by Gasteiger charge is 2.13. The van der Waals surface area contributed by atoms with Gasteiger partial charge in [-0.2, -0.15) is 0 Å². The van der Waals surface area contributed by atoms with E-state index >= 15 is 0 Å². The van der Waals surface area contributed by atoms with Crippen LogP contribution in [0.5, 0.6) is 0 Å². The van der Waals surface area contributed by atoms with Crippen molar-refractivity contribution in [3.8, 4) is 23.8 Å². The van der Waals surface area contributed by atoms with Crippen molar-refractivity contribution < 1.29 is 4.42 Å². The third kappa shape index (κ3) is 3.47. The van der Waals surface area contributed by atoms with Gasteiger partial charge in [0.25, 0.3) is 0 Å². The summed E-state index contributed by atoms with van der Waals surface area (Å²) in [7, 11) is 0. The van der Waals surface area contributed by atoms with Crippen LogP contribution in [0.25, 0.3) is 11.5 Å². The molecule has 4 heteroatoms. The van der Waals surface area contributed by atoms with Crippen LogP contribution >= 0.6 is 0 Å². The molecule has 1 heterocycles. The van der Waals surface area contributed by atoms with E-state index in [9.17, 15) is 0 Å². The standard InChI is InChI=1S/C20H19N3O/c1-4-16-7-6-8-18(13-16)23(5-2)14-19-21-22-20(24-19)17-11-9-15(3)10-12-17/h1,6-13H,5,14H2,2-3H3. The summed E-state index contributed by atoms with van der Waals surface area (Å²) in [6, 6.07) is 15.9. The van der Waals surface area contributed by atoms with Gasteiger partial charge in [0.2, 0.25) is 11.8 Å². The van der Waals surface area contributed by atoms with Crippen LogP contribution in [0.1, 0.15) is 23.9 Å². The lowest BCUT2D eigenvalue weighted by Crippen LogP contribution is -2.22. The molecule has 0 amide bonds. The quantitative estimate of drug-likeness (QED) is 0.666. The van der Waals surface area contributed by atoms with E-state index in [4.69, 9.17) is 10.8 Å². The molecule has 0 saturated heterocycles. The first-order valence-electron chi connectivity index (χ1n) is 7.90. The van der Waals surface area contributed by atoms with Gasteiger partial charge in [-0.25, -0.2) is 0 Å². The van der Waals surface area contributed by atoms with Crippen molar-refractivity contribution in [3.05, 3.63) is 65.5 Å². The van der Waals surface area contributed by atoms with E-state index in [0.717, 1.165) is 23.4 Å². The summed E-state index contributed by atoms with van der Waals surface area (Å²) in [6.45, 7) is 5.49. The first-order chi connectivity index (χ1) is 11.7. The molecule has 2 aromatic carbocycles. The Hall–Kier alpha value is -3.06. The highest BCUT2D eigenvalue weighted by molar-refractivity contribution is 5.54. The number of nitrogens with zero attached hydrogens (tertiary/aromatic N) is 3. The number of anilines is 1. The Morgan fingerprint density at radius 2 is 1.92 bits per heavy atom. The molecule has 0 aliphatic carbocycles. The Morgan fingerprint density at radius 1 is 1.12 bits per heavy atom. The maximum Gasteiger partial charge on any atom is 0.247 e. The lowest BCUT2D eigenvalue weighted by molar-refractivity contribution is 0.499. The number of terminal acetylenes is 1. The lowest BCUT2D eigenvalue weighted by atomic mass is 10.1. The predicted molar refractivity (Wildman–Crippen MR) is 95.6 cm³/mol. The molecular formula is C20H19N3O. The molecule has 24 heavy (non-hydrogen) atoms. The largest absolute Gasteiger partial charge is 0.419 e. The molecule has 0 fully saturated rings. The Balaban J connectivity index is 1.79. The van der Waals surface area contributed by atoms with Crippen LogP contribution in [-0.4, -0.2) is 16.7 Å². The van der Waals surface area contributed by atoms with Crippen molar-refractivity contribution in [2.75, 3.05) is 11.4 Å². The van der Waals surface area contributed by atoms with Crippen LogP contribution in [-0.2, 0) is 6.54 Å². The molecule has 0 aliphatic rings. The Labute approximate surface area is 142 Å². The average Bonchev–Trinajstić information content (AvgIpc) is 3.09. The maximum absolute atomic E-state index is 5.82. The molecule has 0 unspecified atom stereocenters. The summed E-state index contributed by atoms with van der Waals surface area (Å²) in [5, 5.41) is 8.33. The fraction of sp³-hybridized carbons (Fsp3) is 0.200. The number of aryl methyl sites for hydroxylation is 1. The van der Waals surface area contributed by atoms with Gasteiger partial charge in [0.15, 0.2) is 0 Å². The van der Waals surface area contributed by atoms with Gasteiger partial charge in [0, 0.05) is 23.4 Å². The number of hydrogen-bond acceptors (Lipinski definition) is 4. The highest BCUT2D eigenvalue weighted by atomic mass is 16.4. The summed E-state index contributed by atoms with van der Waals surface area (Å²) < 4.78 is 5.82. The van der Waals surface area contributed by atoms with E-state index < -0.39 is 0 Å². The SMILES string of the molecule is C#Cc1cccc(N(CC)Cc2nnc(-c3ccc(C)cc3)o2)c1. The van der Waals surface area contributed by atoms with Gasteiger partial charge in [-0.3, -0.25) is 0 Å². The summed E-state index contributed by atoms with van der Waals surface area (Å²) in [4.78, 5) is 2.15. The summed E-state index contributed by atoms with van der Waals surface area (Å²) in [5.74, 6) is 3.78. The third-order valence-electron chi connectivity index (χ3n) is 3.85. The van der Waals surface area contributed by atoms with Gasteiger partial charge in [-0.1, -0.05) is 29.7 Å². The molecule has 0 spiro atoms. The van der Waals surface area contributed by atoms with Crippen molar-refractivity contribution in [2.24, 2.45) is 0 Å². The zero-order valence-electron chi connectivity index (χ0n) is 13.9. The zero-order valence-corrected chi connectivity index (χ0v) is 13.9. The molecule has 0 N–H and O–H groups in total. The van der Waals surface area contributed by atoms with E-state index in [-0.39, 0.29) is 0 Å². The number of benzene rings is 2. The Kier molecular flexibility index (Phi) is 4.62. The average molecular weight is 317 g/mol. The molecule has 0 aliphatic heterocycles. The third-order valence-corrected chi connectivity index (χ3v) is 3.85. The van der Waals surface area contributed by atoms with Crippen molar-refractivity contribution in [3.63, 3.8) is 0 Å². The molecule has 0 atom stereocenters. The second-order valence-electron chi connectivity index (χ2n) is 5.58. The second kappa shape index (κ2) is 7.01. The summed E-state index contributed by atoms with van der Waals surface area (Å²) in [6.07, 6.45) is 5.48. The van der Waals surface area contributed by atoms with Gasteiger partial charge in [-0.15, -0.1) is 16.6 Å². The van der Waals surface area contributed by atoms with Crippen LogP contribution in [0.3, 0.4) is 0 Å². The van der Waals surface area contributed by atoms with Crippen LogP contribution < -0.4 is 4.90 Å². The molecule has 0 bridgehead atoms. The van der Waals surface area contributed by atoms with Gasteiger partial charge < -0.3 is 9.32 Å². The monoisotopic (exact) mass is 317 g/mol. The predicted octanol–water partition coefficient (Wildman–Crippen LogP) is 4.05. The van der Waals surface area contributed by atoms with Crippen molar-refractivity contribution in [1.29, 1.82) is 0 Å². The second-order valence-corrected chi connectivity index (χ2v) is 5.58. The fourth-order valence-electron chi connectivity index (χ4n) is 2.47. The first-order valence-corrected chi connectivity index (χ1v) is 7.90. The number of rotatable bonds is 5. The van der Waals surface area contributed by atoms with E-state index in [1.807, 2.05) is 55.5 Å². The molecule has 120 valence electrons. The highest BCUT2D eigenvalue weighted by Crippen LogP contribution is 2.21. The van der Waals surface area contributed by atoms with Crippen LogP contribution in [0, 0.1) is 19.3 Å². The van der Waals surface area contributed by atoms with Gasteiger partial charge in [0.05, 0.1) is 6.54 Å². The minimum Gasteiger partial charge on any atom is -0.419 e. The molecule has 1 aromatic heterocycles.